The standard InChI is InChI=1S/C24H33F5O11/c1-32-18(31)16-39-15-14-38-13-12-37-11-10-36-9-8-35-7-6-34-5-4-33-3-2-17(30)40-24-22(28)20(26)19(25)21(27)23(24)29/h2-16H2,1H3. The van der Waals surface area contributed by atoms with Crippen molar-refractivity contribution in [3.63, 3.8) is 0 Å². The van der Waals surface area contributed by atoms with Gasteiger partial charge in [0, 0.05) is 0 Å². The summed E-state index contributed by atoms with van der Waals surface area (Å²) in [6, 6.07) is 0. The molecule has 1 rings (SSSR count). The van der Waals surface area contributed by atoms with Gasteiger partial charge in [0.15, 0.2) is 0 Å². The van der Waals surface area contributed by atoms with Crippen LogP contribution in [0.1, 0.15) is 6.42 Å². The van der Waals surface area contributed by atoms with Crippen LogP contribution in [0.25, 0.3) is 0 Å². The SMILES string of the molecule is COC(=O)COCCOCCOCCOCCOCCOCCOCCC(=O)Oc1c(F)c(F)c(F)c(F)c1F. The number of ether oxygens (including phenoxy) is 9. The van der Waals surface area contributed by atoms with Crippen LogP contribution in [-0.2, 0) is 47.5 Å². The number of carbonyl (C=O) groups is 2. The van der Waals surface area contributed by atoms with Crippen LogP contribution < -0.4 is 4.74 Å². The molecule has 1 aromatic rings. The molecular weight excluding hydrogens is 559 g/mol. The fourth-order valence-electron chi connectivity index (χ4n) is 2.53. The number of rotatable bonds is 24. The molecule has 0 aliphatic rings. The Hall–Kier alpha value is -2.47. The molecule has 0 fully saturated rings. The van der Waals surface area contributed by atoms with Gasteiger partial charge in [0.1, 0.15) is 6.61 Å². The van der Waals surface area contributed by atoms with E-state index >= 15 is 0 Å². The van der Waals surface area contributed by atoms with E-state index in [9.17, 15) is 31.5 Å². The summed E-state index contributed by atoms with van der Waals surface area (Å²) in [5.41, 5.74) is 0. The van der Waals surface area contributed by atoms with Crippen molar-refractivity contribution in [1.29, 1.82) is 0 Å². The van der Waals surface area contributed by atoms with Crippen molar-refractivity contribution in [2.75, 3.05) is 99.6 Å². The highest BCUT2D eigenvalue weighted by atomic mass is 19.2. The van der Waals surface area contributed by atoms with Crippen molar-refractivity contribution < 1.29 is 74.2 Å². The van der Waals surface area contributed by atoms with Gasteiger partial charge in [0.05, 0.1) is 99.4 Å². The normalized spacial score (nSPS) is 11.2. The van der Waals surface area contributed by atoms with Gasteiger partial charge in [0.2, 0.25) is 34.8 Å². The zero-order valence-electron chi connectivity index (χ0n) is 22.0. The first kappa shape index (κ1) is 35.6. The van der Waals surface area contributed by atoms with Crippen LogP contribution >= 0.6 is 0 Å². The van der Waals surface area contributed by atoms with Crippen molar-refractivity contribution in [3.8, 4) is 5.75 Å². The molecule has 0 aromatic heterocycles. The molecule has 0 N–H and O–H groups in total. The van der Waals surface area contributed by atoms with E-state index in [1.807, 2.05) is 0 Å². The highest BCUT2D eigenvalue weighted by Crippen LogP contribution is 2.29. The summed E-state index contributed by atoms with van der Waals surface area (Å²) in [4.78, 5) is 22.4. The van der Waals surface area contributed by atoms with Gasteiger partial charge in [0.25, 0.3) is 0 Å². The second kappa shape index (κ2) is 22.2. The number of carbonyl (C=O) groups excluding carboxylic acids is 2. The molecule has 0 unspecified atom stereocenters. The number of halogens is 5. The van der Waals surface area contributed by atoms with Crippen molar-refractivity contribution >= 4 is 11.9 Å². The van der Waals surface area contributed by atoms with Gasteiger partial charge in [-0.05, 0) is 0 Å². The molecule has 0 radical (unpaired) electrons. The molecule has 0 aliphatic carbocycles. The summed E-state index contributed by atoms with van der Waals surface area (Å²) in [6.45, 7) is 3.33. The Balaban J connectivity index is 1.86. The Bertz CT molecular complexity index is 847. The maximum absolute atomic E-state index is 13.5. The van der Waals surface area contributed by atoms with Crippen LogP contribution in [0.4, 0.5) is 22.0 Å². The topological polar surface area (TPSA) is 117 Å². The summed E-state index contributed by atoms with van der Waals surface area (Å²) in [6.07, 6.45) is -0.489. The molecule has 0 amide bonds. The van der Waals surface area contributed by atoms with Gasteiger partial charge >= 0.3 is 11.9 Å². The van der Waals surface area contributed by atoms with Crippen molar-refractivity contribution in [1.82, 2.24) is 0 Å². The van der Waals surface area contributed by atoms with Gasteiger partial charge in [-0.2, -0.15) is 8.78 Å². The molecule has 0 saturated heterocycles. The highest BCUT2D eigenvalue weighted by Gasteiger charge is 2.28. The first-order chi connectivity index (χ1) is 19.3. The van der Waals surface area contributed by atoms with Crippen molar-refractivity contribution in [3.05, 3.63) is 29.1 Å². The third kappa shape index (κ3) is 15.4. The minimum atomic E-state index is -2.35. The molecule has 0 heterocycles. The van der Waals surface area contributed by atoms with Crippen molar-refractivity contribution in [2.45, 2.75) is 6.42 Å². The first-order valence-corrected chi connectivity index (χ1v) is 12.1. The molecule has 16 heteroatoms. The van der Waals surface area contributed by atoms with Crippen LogP contribution in [0.15, 0.2) is 0 Å². The Labute approximate surface area is 227 Å². The first-order valence-electron chi connectivity index (χ1n) is 12.1. The number of benzene rings is 1. The second-order valence-electron chi connectivity index (χ2n) is 7.43. The Kier molecular flexibility index (Phi) is 19.8. The quantitative estimate of drug-likeness (QED) is 0.0438. The number of hydrogen-bond donors (Lipinski definition) is 0. The average molecular weight is 593 g/mol. The molecule has 11 nitrogen and oxygen atoms in total. The predicted molar refractivity (Wildman–Crippen MR) is 124 cm³/mol. The van der Waals surface area contributed by atoms with E-state index in [2.05, 4.69) is 9.47 Å². The van der Waals surface area contributed by atoms with Gasteiger partial charge in [-0.15, -0.1) is 0 Å². The molecule has 0 saturated carbocycles. The molecule has 1 aromatic carbocycles. The summed E-state index contributed by atoms with van der Waals surface area (Å²) < 4.78 is 111. The van der Waals surface area contributed by atoms with E-state index in [-0.39, 0.29) is 39.6 Å². The maximum atomic E-state index is 13.5. The maximum Gasteiger partial charge on any atom is 0.331 e. The van der Waals surface area contributed by atoms with Crippen LogP contribution in [0, 0.1) is 29.1 Å². The van der Waals surface area contributed by atoms with E-state index in [1.54, 1.807) is 0 Å². The lowest BCUT2D eigenvalue weighted by atomic mass is 10.2. The minimum absolute atomic E-state index is 0.0765. The predicted octanol–water partition coefficient (Wildman–Crippen LogP) is 1.97. The van der Waals surface area contributed by atoms with Crippen molar-refractivity contribution in [2.24, 2.45) is 0 Å². The van der Waals surface area contributed by atoms with Crippen LogP contribution in [-0.4, -0.2) is 112 Å². The lowest BCUT2D eigenvalue weighted by Crippen LogP contribution is -2.16. The van der Waals surface area contributed by atoms with E-state index in [0.29, 0.717) is 52.9 Å². The van der Waals surface area contributed by atoms with E-state index in [4.69, 9.17) is 33.2 Å². The average Bonchev–Trinajstić information content (AvgIpc) is 2.95. The summed E-state index contributed by atoms with van der Waals surface area (Å²) in [7, 11) is 1.28. The molecule has 0 aliphatic heterocycles. The molecule has 0 bridgehead atoms. The fourth-order valence-corrected chi connectivity index (χ4v) is 2.53. The molecular formula is C24H33F5O11. The van der Waals surface area contributed by atoms with E-state index in [1.165, 1.54) is 7.11 Å². The Morgan fingerprint density at radius 3 is 1.18 bits per heavy atom. The summed E-state index contributed by atoms with van der Waals surface area (Å²) in [5.74, 6) is -14.6. The van der Waals surface area contributed by atoms with Crippen LogP contribution in [0.3, 0.4) is 0 Å². The Morgan fingerprint density at radius 1 is 0.475 bits per heavy atom. The number of methoxy groups -OCH3 is 1. The third-order valence-corrected chi connectivity index (χ3v) is 4.52. The number of hydrogen-bond acceptors (Lipinski definition) is 11. The number of esters is 2. The molecule has 230 valence electrons. The van der Waals surface area contributed by atoms with Gasteiger partial charge in [-0.25, -0.2) is 18.0 Å². The van der Waals surface area contributed by atoms with Gasteiger partial charge in [-0.1, -0.05) is 0 Å². The van der Waals surface area contributed by atoms with E-state index in [0.717, 1.165) is 0 Å². The van der Waals surface area contributed by atoms with Gasteiger partial charge < -0.3 is 42.6 Å². The van der Waals surface area contributed by atoms with E-state index < -0.39 is 53.2 Å². The molecule has 0 spiro atoms. The summed E-state index contributed by atoms with van der Waals surface area (Å²) >= 11 is 0. The minimum Gasteiger partial charge on any atom is -0.467 e. The van der Waals surface area contributed by atoms with Gasteiger partial charge in [-0.3, -0.25) is 4.79 Å². The third-order valence-electron chi connectivity index (χ3n) is 4.52. The highest BCUT2D eigenvalue weighted by molar-refractivity contribution is 5.72. The Morgan fingerprint density at radius 2 is 0.800 bits per heavy atom. The molecule has 40 heavy (non-hydrogen) atoms. The largest absolute Gasteiger partial charge is 0.467 e. The lowest BCUT2D eigenvalue weighted by Gasteiger charge is -2.09. The zero-order valence-corrected chi connectivity index (χ0v) is 22.0. The monoisotopic (exact) mass is 592 g/mol. The fraction of sp³-hybridized carbons (Fsp3) is 0.667. The zero-order chi connectivity index (χ0) is 29.6. The lowest BCUT2D eigenvalue weighted by molar-refractivity contribution is -0.146. The summed E-state index contributed by atoms with van der Waals surface area (Å²) in [5, 5.41) is 0. The van der Waals surface area contributed by atoms with Crippen LogP contribution in [0.5, 0.6) is 5.75 Å². The molecule has 0 atom stereocenters. The second-order valence-corrected chi connectivity index (χ2v) is 7.43. The van der Waals surface area contributed by atoms with Crippen LogP contribution in [0.2, 0.25) is 0 Å². The smallest absolute Gasteiger partial charge is 0.331 e.